The molecule has 0 aromatic carbocycles. The standard InChI is InChI=1S/C11H13BrN2O4/c1-14(4-2-3-9(15)16)11(18)7-5-8(12)10(17)13-6-7/h5-6H,2-4H2,1H3,(H,13,17)(H,15,16). The highest BCUT2D eigenvalue weighted by Crippen LogP contribution is 2.08. The van der Waals surface area contributed by atoms with E-state index in [1.54, 1.807) is 7.05 Å². The first-order valence-electron chi connectivity index (χ1n) is 5.27. The van der Waals surface area contributed by atoms with Gasteiger partial charge in [0.05, 0.1) is 10.0 Å². The maximum Gasteiger partial charge on any atom is 0.303 e. The molecule has 0 saturated carbocycles. The summed E-state index contributed by atoms with van der Waals surface area (Å²) in [6, 6.07) is 1.44. The number of rotatable bonds is 5. The normalized spacial score (nSPS) is 10.1. The average molecular weight is 317 g/mol. The van der Waals surface area contributed by atoms with Gasteiger partial charge < -0.3 is 15.0 Å². The van der Waals surface area contributed by atoms with Gasteiger partial charge in [-0.05, 0) is 28.4 Å². The molecule has 0 aliphatic carbocycles. The fourth-order valence-electron chi connectivity index (χ4n) is 1.37. The number of amides is 1. The SMILES string of the molecule is CN(CCCC(=O)O)C(=O)c1c[nH]c(=O)c(Br)c1. The molecule has 1 amide bonds. The number of hydrogen-bond donors (Lipinski definition) is 2. The number of H-pyrrole nitrogens is 1. The quantitative estimate of drug-likeness (QED) is 0.850. The number of aromatic amines is 1. The lowest BCUT2D eigenvalue weighted by molar-refractivity contribution is -0.137. The number of hydrogen-bond acceptors (Lipinski definition) is 3. The molecule has 0 aliphatic rings. The number of carboxylic acid groups (broad SMARTS) is 1. The van der Waals surface area contributed by atoms with Crippen molar-refractivity contribution in [2.24, 2.45) is 0 Å². The Morgan fingerprint density at radius 2 is 2.17 bits per heavy atom. The number of nitrogens with one attached hydrogen (secondary N) is 1. The number of nitrogens with zero attached hydrogens (tertiary/aromatic N) is 1. The molecule has 7 heteroatoms. The molecule has 0 bridgehead atoms. The average Bonchev–Trinajstić information content (AvgIpc) is 2.31. The molecule has 0 fully saturated rings. The highest BCUT2D eigenvalue weighted by Gasteiger charge is 2.13. The van der Waals surface area contributed by atoms with Crippen LogP contribution < -0.4 is 5.56 Å². The minimum absolute atomic E-state index is 0.0208. The summed E-state index contributed by atoms with van der Waals surface area (Å²) in [5, 5.41) is 8.50. The van der Waals surface area contributed by atoms with E-state index in [2.05, 4.69) is 20.9 Å². The molecule has 1 heterocycles. The molecule has 0 unspecified atom stereocenters. The minimum Gasteiger partial charge on any atom is -0.481 e. The minimum atomic E-state index is -0.886. The first-order valence-corrected chi connectivity index (χ1v) is 6.06. The second kappa shape index (κ2) is 6.34. The fraction of sp³-hybridized carbons (Fsp3) is 0.364. The predicted molar refractivity (Wildman–Crippen MR) is 68.6 cm³/mol. The van der Waals surface area contributed by atoms with Crippen molar-refractivity contribution >= 4 is 27.8 Å². The molecular formula is C11H13BrN2O4. The molecule has 2 N–H and O–H groups in total. The van der Waals surface area contributed by atoms with Crippen molar-refractivity contribution in [1.29, 1.82) is 0 Å². The van der Waals surface area contributed by atoms with E-state index in [1.807, 2.05) is 0 Å². The van der Waals surface area contributed by atoms with Crippen LogP contribution >= 0.6 is 15.9 Å². The first-order chi connectivity index (χ1) is 8.41. The molecular weight excluding hydrogens is 304 g/mol. The number of carbonyl (C=O) groups is 2. The Kier molecular flexibility index (Phi) is 5.08. The number of aromatic nitrogens is 1. The highest BCUT2D eigenvalue weighted by molar-refractivity contribution is 9.10. The van der Waals surface area contributed by atoms with E-state index in [9.17, 15) is 14.4 Å². The zero-order valence-electron chi connectivity index (χ0n) is 9.77. The topological polar surface area (TPSA) is 90.5 Å². The van der Waals surface area contributed by atoms with Crippen LogP contribution in [-0.4, -0.2) is 40.5 Å². The monoisotopic (exact) mass is 316 g/mol. The van der Waals surface area contributed by atoms with Crippen molar-refractivity contribution in [2.45, 2.75) is 12.8 Å². The van der Waals surface area contributed by atoms with E-state index in [4.69, 9.17) is 5.11 Å². The van der Waals surface area contributed by atoms with E-state index in [0.29, 0.717) is 18.5 Å². The fourth-order valence-corrected chi connectivity index (χ4v) is 1.73. The summed E-state index contributed by atoms with van der Waals surface area (Å²) in [4.78, 5) is 37.2. The first kappa shape index (κ1) is 14.4. The van der Waals surface area contributed by atoms with Gasteiger partial charge in [0, 0.05) is 26.2 Å². The summed E-state index contributed by atoms with van der Waals surface area (Å²) >= 11 is 3.04. The predicted octanol–water partition coefficient (Wildman–Crippen LogP) is 1.07. The van der Waals surface area contributed by atoms with Crippen molar-refractivity contribution in [3.05, 3.63) is 32.7 Å². The Morgan fingerprint density at radius 3 is 2.72 bits per heavy atom. The largest absolute Gasteiger partial charge is 0.481 e. The van der Waals surface area contributed by atoms with E-state index in [-0.39, 0.29) is 22.4 Å². The van der Waals surface area contributed by atoms with Crippen LogP contribution in [0.5, 0.6) is 0 Å². The van der Waals surface area contributed by atoms with Crippen LogP contribution in [0.25, 0.3) is 0 Å². The second-order valence-electron chi connectivity index (χ2n) is 3.79. The summed E-state index contributed by atoms with van der Waals surface area (Å²) in [6.45, 7) is 0.349. The van der Waals surface area contributed by atoms with Crippen molar-refractivity contribution in [2.75, 3.05) is 13.6 Å². The summed E-state index contributed by atoms with van der Waals surface area (Å²) in [5.74, 6) is -1.15. The number of carbonyl (C=O) groups excluding carboxylic acids is 1. The van der Waals surface area contributed by atoms with Gasteiger partial charge in [-0.25, -0.2) is 0 Å². The van der Waals surface area contributed by atoms with Crippen LogP contribution in [0.15, 0.2) is 21.5 Å². The van der Waals surface area contributed by atoms with Crippen LogP contribution in [-0.2, 0) is 4.79 Å². The van der Waals surface area contributed by atoms with E-state index in [1.165, 1.54) is 17.2 Å². The second-order valence-corrected chi connectivity index (χ2v) is 4.64. The maximum atomic E-state index is 11.9. The van der Waals surface area contributed by atoms with E-state index < -0.39 is 5.97 Å². The Balaban J connectivity index is 2.65. The van der Waals surface area contributed by atoms with Crippen molar-refractivity contribution < 1.29 is 14.7 Å². The van der Waals surface area contributed by atoms with Gasteiger partial charge in [0.25, 0.3) is 11.5 Å². The van der Waals surface area contributed by atoms with Gasteiger partial charge in [-0.15, -0.1) is 0 Å². The third kappa shape index (κ3) is 3.99. The zero-order valence-corrected chi connectivity index (χ0v) is 11.4. The molecule has 98 valence electrons. The van der Waals surface area contributed by atoms with Crippen LogP contribution in [0.2, 0.25) is 0 Å². The molecule has 1 aromatic rings. The van der Waals surface area contributed by atoms with Crippen LogP contribution in [0, 0.1) is 0 Å². The van der Waals surface area contributed by atoms with Crippen molar-refractivity contribution in [3.8, 4) is 0 Å². The number of pyridine rings is 1. The number of halogens is 1. The van der Waals surface area contributed by atoms with Crippen molar-refractivity contribution in [1.82, 2.24) is 9.88 Å². The van der Waals surface area contributed by atoms with Gasteiger partial charge in [0.2, 0.25) is 0 Å². The van der Waals surface area contributed by atoms with Gasteiger partial charge in [-0.1, -0.05) is 0 Å². The molecule has 0 saturated heterocycles. The molecule has 0 spiro atoms. The maximum absolute atomic E-state index is 11.9. The lowest BCUT2D eigenvalue weighted by Gasteiger charge is -2.16. The van der Waals surface area contributed by atoms with E-state index in [0.717, 1.165) is 0 Å². The van der Waals surface area contributed by atoms with Crippen molar-refractivity contribution in [3.63, 3.8) is 0 Å². The van der Waals surface area contributed by atoms with Crippen LogP contribution in [0.1, 0.15) is 23.2 Å². The van der Waals surface area contributed by atoms with Gasteiger partial charge in [0.1, 0.15) is 0 Å². The van der Waals surface area contributed by atoms with Crippen LogP contribution in [0.4, 0.5) is 0 Å². The van der Waals surface area contributed by atoms with Gasteiger partial charge in [-0.3, -0.25) is 14.4 Å². The summed E-state index contributed by atoms with van der Waals surface area (Å²) in [5.41, 5.74) is 0.0411. The Labute approximate surface area is 112 Å². The Hall–Kier alpha value is -1.63. The molecule has 1 aromatic heterocycles. The van der Waals surface area contributed by atoms with Gasteiger partial charge in [0.15, 0.2) is 0 Å². The zero-order chi connectivity index (χ0) is 13.7. The highest BCUT2D eigenvalue weighted by atomic mass is 79.9. The number of carboxylic acids is 1. The third-order valence-corrected chi connectivity index (χ3v) is 2.92. The molecule has 0 atom stereocenters. The molecule has 6 nitrogen and oxygen atoms in total. The lowest BCUT2D eigenvalue weighted by atomic mass is 10.2. The summed E-state index contributed by atoms with van der Waals surface area (Å²) in [6.07, 6.45) is 1.75. The smallest absolute Gasteiger partial charge is 0.303 e. The third-order valence-electron chi connectivity index (χ3n) is 2.34. The molecule has 0 radical (unpaired) electrons. The summed E-state index contributed by atoms with van der Waals surface area (Å²) in [7, 11) is 1.59. The molecule has 1 rings (SSSR count). The number of aliphatic carboxylic acids is 1. The summed E-state index contributed by atoms with van der Waals surface area (Å²) < 4.78 is 0.285. The molecule has 0 aliphatic heterocycles. The lowest BCUT2D eigenvalue weighted by Crippen LogP contribution is -2.28. The Morgan fingerprint density at radius 1 is 1.50 bits per heavy atom. The van der Waals surface area contributed by atoms with E-state index >= 15 is 0 Å². The molecule has 18 heavy (non-hydrogen) atoms. The van der Waals surface area contributed by atoms with Crippen LogP contribution in [0.3, 0.4) is 0 Å². The van der Waals surface area contributed by atoms with Gasteiger partial charge >= 0.3 is 5.97 Å². The van der Waals surface area contributed by atoms with Gasteiger partial charge in [-0.2, -0.15) is 0 Å². The Bertz CT molecular complexity index is 512.